The van der Waals surface area contributed by atoms with Gasteiger partial charge < -0.3 is 14.2 Å². The average molecular weight is 448 g/mol. The molecular formula is C22H25NO5S2. The molecule has 1 heterocycles. The van der Waals surface area contributed by atoms with Crippen LogP contribution in [0.3, 0.4) is 0 Å². The minimum atomic E-state index is -3.74. The van der Waals surface area contributed by atoms with Crippen molar-refractivity contribution in [1.29, 1.82) is 0 Å². The van der Waals surface area contributed by atoms with Gasteiger partial charge in [0.2, 0.25) is 10.0 Å². The quantitative estimate of drug-likeness (QED) is 0.413. The monoisotopic (exact) mass is 447 g/mol. The van der Waals surface area contributed by atoms with Crippen LogP contribution in [0, 0.1) is 0 Å². The first-order valence-corrected chi connectivity index (χ1v) is 11.7. The van der Waals surface area contributed by atoms with Gasteiger partial charge in [-0.3, -0.25) is 0 Å². The molecule has 30 heavy (non-hydrogen) atoms. The van der Waals surface area contributed by atoms with Crippen molar-refractivity contribution in [1.82, 2.24) is 4.31 Å². The number of para-hydroxylation sites is 1. The molecule has 0 aliphatic heterocycles. The molecule has 1 aromatic heterocycles. The number of sulfonamides is 1. The lowest BCUT2D eigenvalue weighted by atomic mass is 10.2. The van der Waals surface area contributed by atoms with Crippen molar-refractivity contribution in [3.8, 4) is 11.5 Å². The molecule has 0 atom stereocenters. The second-order valence-corrected chi connectivity index (χ2v) is 9.45. The van der Waals surface area contributed by atoms with Crippen molar-refractivity contribution in [3.63, 3.8) is 0 Å². The van der Waals surface area contributed by atoms with E-state index < -0.39 is 10.0 Å². The molecule has 8 heteroatoms. The number of benzene rings is 2. The Morgan fingerprint density at radius 3 is 2.33 bits per heavy atom. The Morgan fingerprint density at radius 2 is 1.67 bits per heavy atom. The maximum atomic E-state index is 13.5. The molecule has 3 aromatic rings. The fourth-order valence-corrected chi connectivity index (χ4v) is 5.12. The molecule has 0 N–H and O–H groups in total. The molecule has 0 unspecified atom stereocenters. The molecule has 0 aliphatic rings. The van der Waals surface area contributed by atoms with E-state index in [4.69, 9.17) is 14.2 Å². The predicted octanol–water partition coefficient (Wildman–Crippen LogP) is 4.17. The first-order chi connectivity index (χ1) is 14.5. The van der Waals surface area contributed by atoms with E-state index in [9.17, 15) is 8.42 Å². The second-order valence-electron chi connectivity index (χ2n) is 6.48. The number of rotatable bonds is 11. The first-order valence-electron chi connectivity index (χ1n) is 9.41. The summed E-state index contributed by atoms with van der Waals surface area (Å²) >= 11 is 1.53. The minimum absolute atomic E-state index is 0.205. The van der Waals surface area contributed by atoms with Crippen LogP contribution in [0.2, 0.25) is 0 Å². The summed E-state index contributed by atoms with van der Waals surface area (Å²) in [7, 11) is -0.555. The molecule has 6 nitrogen and oxygen atoms in total. The molecule has 0 spiro atoms. The largest absolute Gasteiger partial charge is 0.496 e. The number of hydrogen-bond acceptors (Lipinski definition) is 6. The highest BCUT2D eigenvalue weighted by Crippen LogP contribution is 2.27. The van der Waals surface area contributed by atoms with E-state index in [1.807, 2.05) is 41.8 Å². The van der Waals surface area contributed by atoms with Crippen LogP contribution in [-0.2, 0) is 27.8 Å². The van der Waals surface area contributed by atoms with Crippen LogP contribution in [0.1, 0.15) is 10.4 Å². The summed E-state index contributed by atoms with van der Waals surface area (Å²) in [4.78, 5) is 1.18. The number of methoxy groups -OCH3 is 2. The van der Waals surface area contributed by atoms with Gasteiger partial charge in [-0.05, 0) is 41.8 Å². The molecule has 0 saturated heterocycles. The van der Waals surface area contributed by atoms with Gasteiger partial charge in [0.05, 0.1) is 18.6 Å². The number of thiophene rings is 1. The van der Waals surface area contributed by atoms with Crippen LogP contribution in [0.4, 0.5) is 0 Å². The van der Waals surface area contributed by atoms with Crippen molar-refractivity contribution in [2.45, 2.75) is 18.0 Å². The van der Waals surface area contributed by atoms with E-state index in [1.165, 1.54) is 15.6 Å². The van der Waals surface area contributed by atoms with Gasteiger partial charge >= 0.3 is 0 Å². The highest BCUT2D eigenvalue weighted by Gasteiger charge is 2.26. The fourth-order valence-electron chi connectivity index (χ4n) is 2.93. The fraction of sp³-hybridized carbons (Fsp3) is 0.273. The number of hydrogen-bond donors (Lipinski definition) is 0. The maximum Gasteiger partial charge on any atom is 0.243 e. The van der Waals surface area contributed by atoms with E-state index >= 15 is 0 Å². The van der Waals surface area contributed by atoms with Crippen molar-refractivity contribution in [2.24, 2.45) is 0 Å². The van der Waals surface area contributed by atoms with Gasteiger partial charge in [0, 0.05) is 30.6 Å². The smallest absolute Gasteiger partial charge is 0.243 e. The predicted molar refractivity (Wildman–Crippen MR) is 118 cm³/mol. The van der Waals surface area contributed by atoms with E-state index in [-0.39, 0.29) is 18.0 Å². The van der Waals surface area contributed by atoms with Crippen LogP contribution in [0.5, 0.6) is 11.5 Å². The summed E-state index contributed by atoms with van der Waals surface area (Å²) in [6.07, 6.45) is 0. The molecule has 0 fully saturated rings. The molecule has 0 bridgehead atoms. The van der Waals surface area contributed by atoms with Crippen LogP contribution in [0.15, 0.2) is 70.9 Å². The highest BCUT2D eigenvalue weighted by atomic mass is 32.2. The van der Waals surface area contributed by atoms with Gasteiger partial charge in [-0.2, -0.15) is 4.31 Å². The van der Waals surface area contributed by atoms with Crippen LogP contribution in [0.25, 0.3) is 0 Å². The van der Waals surface area contributed by atoms with Crippen molar-refractivity contribution < 1.29 is 22.6 Å². The third-order valence-corrected chi connectivity index (χ3v) is 7.14. The lowest BCUT2D eigenvalue weighted by Crippen LogP contribution is -2.30. The summed E-state index contributed by atoms with van der Waals surface area (Å²) in [5.74, 6) is 1.26. The Morgan fingerprint density at radius 1 is 0.900 bits per heavy atom. The topological polar surface area (TPSA) is 65.1 Å². The first kappa shape index (κ1) is 22.3. The molecule has 0 saturated carbocycles. The van der Waals surface area contributed by atoms with Crippen molar-refractivity contribution in [2.75, 3.05) is 27.4 Å². The summed E-state index contributed by atoms with van der Waals surface area (Å²) in [5.41, 5.74) is 0.805. The summed E-state index contributed by atoms with van der Waals surface area (Å²) in [5, 5.41) is 1.94. The SMILES string of the molecule is COCCOc1ccc(S(=O)(=O)N(Cc2cccs2)Cc2ccccc2OC)cc1. The maximum absolute atomic E-state index is 13.5. The summed E-state index contributed by atoms with van der Waals surface area (Å²) < 4.78 is 44.3. The molecule has 0 amide bonds. The number of nitrogens with zero attached hydrogens (tertiary/aromatic N) is 1. The van der Waals surface area contributed by atoms with Gasteiger partial charge in [-0.1, -0.05) is 24.3 Å². The minimum Gasteiger partial charge on any atom is -0.496 e. The zero-order valence-electron chi connectivity index (χ0n) is 17.0. The molecule has 3 rings (SSSR count). The van der Waals surface area contributed by atoms with Gasteiger partial charge in [0.15, 0.2) is 0 Å². The van der Waals surface area contributed by atoms with Crippen molar-refractivity contribution in [3.05, 3.63) is 76.5 Å². The van der Waals surface area contributed by atoms with E-state index in [0.29, 0.717) is 24.7 Å². The van der Waals surface area contributed by atoms with E-state index in [0.717, 1.165) is 10.4 Å². The number of ether oxygens (including phenoxy) is 3. The van der Waals surface area contributed by atoms with Gasteiger partial charge in [-0.25, -0.2) is 8.42 Å². The normalized spacial score (nSPS) is 11.6. The second kappa shape index (κ2) is 10.6. The molecular weight excluding hydrogens is 422 g/mol. The Kier molecular flexibility index (Phi) is 7.87. The lowest BCUT2D eigenvalue weighted by Gasteiger charge is -2.23. The summed E-state index contributed by atoms with van der Waals surface area (Å²) in [6.45, 7) is 1.36. The van der Waals surface area contributed by atoms with Gasteiger partial charge in [-0.15, -0.1) is 11.3 Å². The Labute approximate surface area is 181 Å². The Hall–Kier alpha value is -2.39. The Bertz CT molecular complexity index is 1020. The van der Waals surface area contributed by atoms with Gasteiger partial charge in [0.25, 0.3) is 0 Å². The van der Waals surface area contributed by atoms with E-state index in [2.05, 4.69) is 0 Å². The zero-order valence-corrected chi connectivity index (χ0v) is 18.6. The summed E-state index contributed by atoms with van der Waals surface area (Å²) in [6, 6.07) is 17.8. The molecule has 0 aliphatic carbocycles. The standard InChI is InChI=1S/C22H25NO5S2/c1-26-13-14-28-19-9-11-21(12-10-19)30(24,25)23(17-20-7-5-15-29-20)16-18-6-3-4-8-22(18)27-2/h3-12,15H,13-14,16-17H2,1-2H3. The molecule has 2 aromatic carbocycles. The zero-order chi connectivity index (χ0) is 21.4. The van der Waals surface area contributed by atoms with Crippen LogP contribution < -0.4 is 9.47 Å². The third-order valence-electron chi connectivity index (χ3n) is 4.47. The molecule has 0 radical (unpaired) electrons. The van der Waals surface area contributed by atoms with E-state index in [1.54, 1.807) is 38.5 Å². The third kappa shape index (κ3) is 5.60. The lowest BCUT2D eigenvalue weighted by molar-refractivity contribution is 0.146. The molecule has 160 valence electrons. The van der Waals surface area contributed by atoms with Crippen molar-refractivity contribution >= 4 is 21.4 Å². The van der Waals surface area contributed by atoms with Crippen LogP contribution >= 0.6 is 11.3 Å². The Balaban J connectivity index is 1.87. The van der Waals surface area contributed by atoms with Gasteiger partial charge in [0.1, 0.15) is 18.1 Å². The average Bonchev–Trinajstić information content (AvgIpc) is 3.27. The highest BCUT2D eigenvalue weighted by molar-refractivity contribution is 7.89. The van der Waals surface area contributed by atoms with Crippen LogP contribution in [-0.4, -0.2) is 40.2 Å².